The molecule has 5 aromatic carbocycles. The van der Waals surface area contributed by atoms with Crippen LogP contribution < -0.4 is 4.90 Å². The Morgan fingerprint density at radius 3 is 2.21 bits per heavy atom. The van der Waals surface area contributed by atoms with Gasteiger partial charge in [0.1, 0.15) is 6.67 Å². The lowest BCUT2D eigenvalue weighted by atomic mass is 9.95. The van der Waals surface area contributed by atoms with E-state index in [1.807, 2.05) is 85.8 Å². The number of hydrogen-bond donors (Lipinski definition) is 0. The molecule has 1 aliphatic heterocycles. The fourth-order valence-corrected chi connectivity index (χ4v) is 5.71. The smallest absolute Gasteiger partial charge is 0.217 e. The Balaban J connectivity index is 0.000000373. The van der Waals surface area contributed by atoms with E-state index in [4.69, 9.17) is 9.98 Å². The van der Waals surface area contributed by atoms with Crippen LogP contribution >= 0.6 is 0 Å². The van der Waals surface area contributed by atoms with Gasteiger partial charge in [0.25, 0.3) is 0 Å². The first-order valence-corrected chi connectivity index (χ1v) is 15.5. The molecule has 0 aliphatic carbocycles. The van der Waals surface area contributed by atoms with Crippen LogP contribution in [0.25, 0.3) is 33.9 Å². The first-order valence-electron chi connectivity index (χ1n) is 15.5. The van der Waals surface area contributed by atoms with E-state index in [2.05, 4.69) is 106 Å². The van der Waals surface area contributed by atoms with Crippen LogP contribution in [0.4, 0.5) is 11.6 Å². The predicted molar refractivity (Wildman–Crippen MR) is 200 cm³/mol. The van der Waals surface area contributed by atoms with Crippen molar-refractivity contribution in [2.45, 2.75) is 13.5 Å². The first-order chi connectivity index (χ1) is 23.2. The normalized spacial score (nSPS) is 12.2. The molecule has 7 rings (SSSR count). The van der Waals surface area contributed by atoms with Gasteiger partial charge in [-0.2, -0.15) is 0 Å². The Labute approximate surface area is 276 Å². The first kappa shape index (κ1) is 30.9. The van der Waals surface area contributed by atoms with Gasteiger partial charge in [-0.1, -0.05) is 127 Å². The number of benzene rings is 5. The third-order valence-electron chi connectivity index (χ3n) is 7.82. The predicted octanol–water partition coefficient (Wildman–Crippen LogP) is 9.73. The number of allylic oxidation sites excluding steroid dienone is 3. The summed E-state index contributed by atoms with van der Waals surface area (Å²) in [6.45, 7) is 10.3. The highest BCUT2D eigenvalue weighted by atomic mass is 15.4. The largest absolute Gasteiger partial charge is 0.296 e. The molecule has 0 N–H and O–H groups in total. The van der Waals surface area contributed by atoms with Crippen LogP contribution in [0.2, 0.25) is 0 Å². The summed E-state index contributed by atoms with van der Waals surface area (Å²) >= 11 is 0. The van der Waals surface area contributed by atoms with Crippen molar-refractivity contribution in [1.82, 2.24) is 9.55 Å². The molecule has 0 fully saturated rings. The second kappa shape index (κ2) is 14.8. The summed E-state index contributed by atoms with van der Waals surface area (Å²) in [4.78, 5) is 20.3. The Bertz CT molecular complexity index is 2090. The minimum absolute atomic E-state index is 0.329. The summed E-state index contributed by atoms with van der Waals surface area (Å²) in [5.74, 6) is 1.41. The minimum atomic E-state index is 0.329. The number of imidazole rings is 1. The highest BCUT2D eigenvalue weighted by Crippen LogP contribution is 2.46. The van der Waals surface area contributed by atoms with E-state index < -0.39 is 0 Å². The molecule has 47 heavy (non-hydrogen) atoms. The number of hydrogen-bond acceptors (Lipinski definition) is 4. The van der Waals surface area contributed by atoms with Gasteiger partial charge < -0.3 is 0 Å². The molecule has 2 heterocycles. The zero-order chi connectivity index (χ0) is 32.4. The summed E-state index contributed by atoms with van der Waals surface area (Å²) in [7, 11) is 0. The Morgan fingerprint density at radius 1 is 0.745 bits per heavy atom. The molecule has 1 aromatic heterocycles. The maximum atomic E-state index is 5.12. The van der Waals surface area contributed by atoms with Crippen molar-refractivity contribution >= 4 is 48.0 Å². The molecular formula is C41H36N6. The summed E-state index contributed by atoms with van der Waals surface area (Å²) in [6.07, 6.45) is 8.31. The Morgan fingerprint density at radius 2 is 1.45 bits per heavy atom. The Kier molecular flexibility index (Phi) is 9.69. The van der Waals surface area contributed by atoms with E-state index in [-0.39, 0.29) is 0 Å². The number of aromatic nitrogens is 2. The third-order valence-corrected chi connectivity index (χ3v) is 7.82. The number of aliphatic imine (C=N–C) groups is 3. The van der Waals surface area contributed by atoms with Crippen molar-refractivity contribution in [3.63, 3.8) is 0 Å². The molecule has 6 heteroatoms. The minimum Gasteiger partial charge on any atom is -0.296 e. The van der Waals surface area contributed by atoms with E-state index in [0.717, 1.165) is 57.2 Å². The number of fused-ring (bicyclic) bond motifs is 7. The van der Waals surface area contributed by atoms with Gasteiger partial charge in [0.2, 0.25) is 5.95 Å². The topological polar surface area (TPSA) is 58.1 Å². The highest BCUT2D eigenvalue weighted by Gasteiger charge is 2.29. The molecule has 230 valence electrons. The van der Waals surface area contributed by atoms with Crippen LogP contribution in [0, 0.1) is 0 Å². The van der Waals surface area contributed by atoms with Gasteiger partial charge in [0.15, 0.2) is 5.84 Å². The monoisotopic (exact) mass is 612 g/mol. The van der Waals surface area contributed by atoms with Crippen molar-refractivity contribution in [1.29, 1.82) is 0 Å². The molecule has 0 amide bonds. The average Bonchev–Trinajstić information content (AvgIpc) is 3.45. The fraction of sp³-hybridized carbons (Fsp3) is 0.0732. The quantitative estimate of drug-likeness (QED) is 0.102. The number of para-hydroxylation sites is 3. The molecule has 1 aliphatic rings. The SMILES string of the molecule is C=N/C(=N\CN1c2cccc(/C=C\C=C/C)c2-c2ccccc2-n2c1nc1ccccc12)c1ccccc1.C=NCc1ccccc1. The number of rotatable bonds is 7. The van der Waals surface area contributed by atoms with Crippen molar-refractivity contribution < 1.29 is 0 Å². The van der Waals surface area contributed by atoms with E-state index in [1.54, 1.807) is 0 Å². The van der Waals surface area contributed by atoms with Crippen LogP contribution in [0.15, 0.2) is 161 Å². The maximum Gasteiger partial charge on any atom is 0.217 e. The van der Waals surface area contributed by atoms with Crippen LogP contribution in [0.1, 0.15) is 23.6 Å². The molecule has 0 spiro atoms. The summed E-state index contributed by atoms with van der Waals surface area (Å²) in [5, 5.41) is 0. The molecule has 0 saturated heterocycles. The van der Waals surface area contributed by atoms with E-state index in [9.17, 15) is 0 Å². The van der Waals surface area contributed by atoms with Gasteiger partial charge in [-0.15, -0.1) is 0 Å². The van der Waals surface area contributed by atoms with Gasteiger partial charge in [-0.3, -0.25) is 14.5 Å². The zero-order valence-corrected chi connectivity index (χ0v) is 26.4. The van der Waals surface area contributed by atoms with Gasteiger partial charge in [-0.25, -0.2) is 15.0 Å². The number of anilines is 2. The van der Waals surface area contributed by atoms with Crippen molar-refractivity contribution in [2.24, 2.45) is 15.0 Å². The third kappa shape index (κ3) is 6.63. The fourth-order valence-electron chi connectivity index (χ4n) is 5.71. The van der Waals surface area contributed by atoms with Gasteiger partial charge in [0, 0.05) is 16.7 Å². The van der Waals surface area contributed by atoms with E-state index in [1.165, 1.54) is 5.56 Å². The second-order valence-corrected chi connectivity index (χ2v) is 10.8. The Hall–Kier alpha value is -6.14. The van der Waals surface area contributed by atoms with Crippen molar-refractivity contribution in [3.8, 4) is 16.8 Å². The number of amidine groups is 1. The van der Waals surface area contributed by atoms with E-state index in [0.29, 0.717) is 12.5 Å². The second-order valence-electron chi connectivity index (χ2n) is 10.8. The summed E-state index contributed by atoms with van der Waals surface area (Å²) in [6, 6.07) is 43.2. The molecule has 6 aromatic rings. The van der Waals surface area contributed by atoms with Crippen LogP contribution in [-0.2, 0) is 6.54 Å². The van der Waals surface area contributed by atoms with Gasteiger partial charge in [0.05, 0.1) is 29.0 Å². The lowest BCUT2D eigenvalue weighted by Gasteiger charge is -2.23. The van der Waals surface area contributed by atoms with Crippen LogP contribution in [0.3, 0.4) is 0 Å². The van der Waals surface area contributed by atoms with Gasteiger partial charge >= 0.3 is 0 Å². The maximum absolute atomic E-state index is 5.12. The standard InChI is InChI=1S/C33H27N5.C8H9N/c1-3-4-6-14-24-17-13-22-30-31(24)26-18-9-11-20-28(26)38-29-21-12-10-19-27(29)36-33(38)37(30)23-35-32(34-2)25-15-7-5-8-16-25;1-9-7-8-5-3-2-4-6-8/h3-22H,2,23H2,1H3;2-6H,1,7H2/b4-3-,14-6-,35-32-;. The van der Waals surface area contributed by atoms with Crippen molar-refractivity contribution in [2.75, 3.05) is 11.6 Å². The van der Waals surface area contributed by atoms with Crippen molar-refractivity contribution in [3.05, 3.63) is 162 Å². The molecule has 6 nitrogen and oxygen atoms in total. The summed E-state index contributed by atoms with van der Waals surface area (Å²) < 4.78 is 2.24. The zero-order valence-electron chi connectivity index (χ0n) is 26.4. The molecule has 0 saturated carbocycles. The molecule has 0 bridgehead atoms. The van der Waals surface area contributed by atoms with Crippen LogP contribution in [0.5, 0.6) is 0 Å². The summed E-state index contributed by atoms with van der Waals surface area (Å²) in [5.41, 5.74) is 9.66. The molecule has 0 unspecified atom stereocenters. The number of nitrogens with zero attached hydrogens (tertiary/aromatic N) is 6. The average molecular weight is 613 g/mol. The molecular weight excluding hydrogens is 576 g/mol. The van der Waals surface area contributed by atoms with Gasteiger partial charge in [-0.05, 0) is 55.8 Å². The molecule has 0 radical (unpaired) electrons. The lowest BCUT2D eigenvalue weighted by Crippen LogP contribution is -2.21. The highest BCUT2D eigenvalue weighted by molar-refractivity contribution is 6.02. The van der Waals surface area contributed by atoms with Crippen LogP contribution in [-0.4, -0.2) is 35.5 Å². The lowest BCUT2D eigenvalue weighted by molar-refractivity contribution is 0.913. The molecule has 0 atom stereocenters. The van der Waals surface area contributed by atoms with E-state index >= 15 is 0 Å².